The van der Waals surface area contributed by atoms with Gasteiger partial charge in [-0.05, 0) is 12.8 Å². The smallest absolute Gasteiger partial charge is 0.317 e. The van der Waals surface area contributed by atoms with Crippen LogP contribution >= 0.6 is 0 Å². The van der Waals surface area contributed by atoms with Crippen molar-refractivity contribution in [3.63, 3.8) is 0 Å². The fraction of sp³-hybridized carbons (Fsp3) is 0.833. The number of amides is 2. The molecule has 4 N–H and O–H groups in total. The summed E-state index contributed by atoms with van der Waals surface area (Å²) in [6, 6.07) is 0.415. The van der Waals surface area contributed by atoms with Crippen LogP contribution in [0, 0.1) is 0 Å². The normalized spacial score (nSPS) is 22.7. The van der Waals surface area contributed by atoms with Gasteiger partial charge in [0.15, 0.2) is 5.84 Å². The molecule has 7 heteroatoms. The van der Waals surface area contributed by atoms with Gasteiger partial charge in [0.25, 0.3) is 0 Å². The van der Waals surface area contributed by atoms with Crippen LogP contribution in [0.3, 0.4) is 0 Å². The monoisotopic (exact) mass is 269 g/mol. The number of hydrogen-bond donors (Lipinski definition) is 3. The number of rotatable bonds is 3. The van der Waals surface area contributed by atoms with E-state index in [1.807, 2.05) is 4.90 Å². The van der Waals surface area contributed by atoms with Crippen molar-refractivity contribution in [3.05, 3.63) is 0 Å². The van der Waals surface area contributed by atoms with Gasteiger partial charge in [0.05, 0.1) is 6.54 Å². The molecule has 7 nitrogen and oxygen atoms in total. The Hall–Kier alpha value is -1.50. The van der Waals surface area contributed by atoms with Gasteiger partial charge in [-0.2, -0.15) is 0 Å². The van der Waals surface area contributed by atoms with E-state index in [0.29, 0.717) is 25.7 Å². The molecule has 0 aromatic carbocycles. The average Bonchev–Trinajstić information content (AvgIpc) is 2.92. The third-order valence-electron chi connectivity index (χ3n) is 3.86. The third kappa shape index (κ3) is 3.99. The lowest BCUT2D eigenvalue weighted by atomic mass is 10.2. The van der Waals surface area contributed by atoms with Gasteiger partial charge in [0.1, 0.15) is 0 Å². The van der Waals surface area contributed by atoms with Crippen molar-refractivity contribution in [2.45, 2.75) is 31.7 Å². The van der Waals surface area contributed by atoms with Crippen LogP contribution in [0.1, 0.15) is 25.7 Å². The van der Waals surface area contributed by atoms with E-state index in [-0.39, 0.29) is 11.9 Å². The van der Waals surface area contributed by atoms with Crippen LogP contribution in [0.15, 0.2) is 5.16 Å². The summed E-state index contributed by atoms with van der Waals surface area (Å²) in [6.45, 7) is 3.35. The largest absolute Gasteiger partial charge is 0.409 e. The summed E-state index contributed by atoms with van der Waals surface area (Å²) in [7, 11) is 0. The number of nitrogens with zero attached hydrogens (tertiary/aromatic N) is 3. The summed E-state index contributed by atoms with van der Waals surface area (Å²) in [5.74, 6) is 0.212. The Labute approximate surface area is 113 Å². The Morgan fingerprint density at radius 1 is 1.26 bits per heavy atom. The van der Waals surface area contributed by atoms with Crippen molar-refractivity contribution in [3.8, 4) is 0 Å². The van der Waals surface area contributed by atoms with Crippen LogP contribution in [-0.2, 0) is 0 Å². The van der Waals surface area contributed by atoms with Gasteiger partial charge in [-0.3, -0.25) is 4.90 Å². The molecule has 1 aliphatic carbocycles. The van der Waals surface area contributed by atoms with Crippen molar-refractivity contribution in [2.24, 2.45) is 10.9 Å². The van der Waals surface area contributed by atoms with E-state index in [1.54, 1.807) is 0 Å². The summed E-state index contributed by atoms with van der Waals surface area (Å²) >= 11 is 0. The molecule has 2 amide bonds. The van der Waals surface area contributed by atoms with Crippen LogP contribution in [0.5, 0.6) is 0 Å². The zero-order valence-corrected chi connectivity index (χ0v) is 11.2. The lowest BCUT2D eigenvalue weighted by Gasteiger charge is -2.34. The number of urea groups is 1. The SMILES string of the molecule is NC(CN1CCN(C(=O)NC2CCCC2)CC1)=NO. The van der Waals surface area contributed by atoms with E-state index in [0.717, 1.165) is 25.9 Å². The van der Waals surface area contributed by atoms with E-state index in [2.05, 4.69) is 15.4 Å². The number of carbonyl (C=O) groups excluding carboxylic acids is 1. The maximum absolute atomic E-state index is 12.0. The molecule has 1 saturated carbocycles. The summed E-state index contributed by atoms with van der Waals surface area (Å²) in [5, 5.41) is 14.6. The minimum Gasteiger partial charge on any atom is -0.409 e. The average molecular weight is 269 g/mol. The van der Waals surface area contributed by atoms with E-state index < -0.39 is 0 Å². The van der Waals surface area contributed by atoms with Crippen molar-refractivity contribution < 1.29 is 10.0 Å². The molecule has 0 aromatic rings. The molecule has 0 atom stereocenters. The highest BCUT2D eigenvalue weighted by molar-refractivity contribution is 5.81. The molecule has 1 aliphatic heterocycles. The second-order valence-electron chi connectivity index (χ2n) is 5.29. The first-order chi connectivity index (χ1) is 9.19. The minimum absolute atomic E-state index is 0.0512. The zero-order valence-electron chi connectivity index (χ0n) is 11.2. The Balaban J connectivity index is 1.71. The number of hydrogen-bond acceptors (Lipinski definition) is 4. The van der Waals surface area contributed by atoms with Crippen molar-refractivity contribution in [1.29, 1.82) is 0 Å². The molecule has 19 heavy (non-hydrogen) atoms. The standard InChI is InChI=1S/C12H23N5O2/c13-11(15-19)9-16-5-7-17(8-6-16)12(18)14-10-3-1-2-4-10/h10,19H,1-9H2,(H2,13,15)(H,14,18). The van der Waals surface area contributed by atoms with E-state index in [9.17, 15) is 4.79 Å². The summed E-state index contributed by atoms with van der Waals surface area (Å²) in [6.07, 6.45) is 4.65. The molecule has 2 aliphatic rings. The fourth-order valence-corrected chi connectivity index (χ4v) is 2.71. The first-order valence-electron chi connectivity index (χ1n) is 6.93. The molecule has 0 radical (unpaired) electrons. The molecule has 0 aromatic heterocycles. The van der Waals surface area contributed by atoms with Gasteiger partial charge >= 0.3 is 6.03 Å². The van der Waals surface area contributed by atoms with Crippen molar-refractivity contribution in [1.82, 2.24) is 15.1 Å². The molecule has 0 bridgehead atoms. The van der Waals surface area contributed by atoms with E-state index in [1.165, 1.54) is 12.8 Å². The Kier molecular flexibility index (Phi) is 4.84. The van der Waals surface area contributed by atoms with Gasteiger partial charge in [-0.25, -0.2) is 4.79 Å². The van der Waals surface area contributed by atoms with Crippen LogP contribution in [-0.4, -0.2) is 65.6 Å². The Morgan fingerprint density at radius 3 is 2.47 bits per heavy atom. The fourth-order valence-electron chi connectivity index (χ4n) is 2.71. The van der Waals surface area contributed by atoms with Crippen LogP contribution in [0.25, 0.3) is 0 Å². The lowest BCUT2D eigenvalue weighted by Crippen LogP contribution is -2.54. The number of nitrogens with one attached hydrogen (secondary N) is 1. The minimum atomic E-state index is 0.0512. The quantitative estimate of drug-likeness (QED) is 0.291. The maximum atomic E-state index is 12.0. The Bertz CT molecular complexity index is 333. The zero-order chi connectivity index (χ0) is 13.7. The number of carbonyl (C=O) groups is 1. The first-order valence-corrected chi connectivity index (χ1v) is 6.93. The topological polar surface area (TPSA) is 94.2 Å². The number of oxime groups is 1. The molecular weight excluding hydrogens is 246 g/mol. The van der Waals surface area contributed by atoms with Crippen molar-refractivity contribution >= 4 is 11.9 Å². The molecule has 2 fully saturated rings. The molecule has 0 spiro atoms. The number of piperazine rings is 1. The Morgan fingerprint density at radius 2 is 1.89 bits per heavy atom. The van der Waals surface area contributed by atoms with Crippen LogP contribution in [0.2, 0.25) is 0 Å². The predicted octanol–water partition coefficient (Wildman–Crippen LogP) is 0.00260. The predicted molar refractivity (Wildman–Crippen MR) is 72.2 cm³/mol. The second kappa shape index (κ2) is 6.60. The highest BCUT2D eigenvalue weighted by Crippen LogP contribution is 2.18. The summed E-state index contributed by atoms with van der Waals surface area (Å²) < 4.78 is 0. The molecule has 0 unspecified atom stereocenters. The highest BCUT2D eigenvalue weighted by atomic mass is 16.4. The molecular formula is C12H23N5O2. The first kappa shape index (κ1) is 13.9. The van der Waals surface area contributed by atoms with Gasteiger partial charge < -0.3 is 21.2 Å². The second-order valence-corrected chi connectivity index (χ2v) is 5.29. The van der Waals surface area contributed by atoms with Crippen LogP contribution < -0.4 is 11.1 Å². The van der Waals surface area contributed by atoms with Gasteiger partial charge in [-0.1, -0.05) is 18.0 Å². The van der Waals surface area contributed by atoms with Gasteiger partial charge in [-0.15, -0.1) is 0 Å². The number of amidine groups is 1. The lowest BCUT2D eigenvalue weighted by molar-refractivity contribution is 0.145. The molecule has 108 valence electrons. The molecule has 1 saturated heterocycles. The summed E-state index contributed by atoms with van der Waals surface area (Å²) in [5.41, 5.74) is 5.47. The number of nitrogens with two attached hydrogens (primary N) is 1. The van der Waals surface area contributed by atoms with Gasteiger partial charge in [0.2, 0.25) is 0 Å². The molecule has 2 rings (SSSR count). The summed E-state index contributed by atoms with van der Waals surface area (Å²) in [4.78, 5) is 16.0. The van der Waals surface area contributed by atoms with E-state index in [4.69, 9.17) is 10.9 Å². The van der Waals surface area contributed by atoms with Crippen molar-refractivity contribution in [2.75, 3.05) is 32.7 Å². The van der Waals surface area contributed by atoms with E-state index >= 15 is 0 Å². The van der Waals surface area contributed by atoms with Gasteiger partial charge in [0, 0.05) is 32.2 Å². The third-order valence-corrected chi connectivity index (χ3v) is 3.86. The molecule has 1 heterocycles. The highest BCUT2D eigenvalue weighted by Gasteiger charge is 2.24. The maximum Gasteiger partial charge on any atom is 0.317 e. The van der Waals surface area contributed by atoms with Crippen LogP contribution in [0.4, 0.5) is 4.79 Å².